The van der Waals surface area contributed by atoms with Gasteiger partial charge in [0.2, 0.25) is 0 Å². The van der Waals surface area contributed by atoms with Crippen molar-refractivity contribution < 1.29 is 19.1 Å². The zero-order valence-electron chi connectivity index (χ0n) is 13.4. The summed E-state index contributed by atoms with van der Waals surface area (Å²) < 4.78 is 9.82. The first kappa shape index (κ1) is 18.9. The Balaban J connectivity index is 3.67. The highest BCUT2D eigenvalue weighted by atomic mass is 16.5. The van der Waals surface area contributed by atoms with Crippen LogP contribution in [-0.4, -0.2) is 25.2 Å². The van der Waals surface area contributed by atoms with E-state index in [-0.39, 0.29) is 11.9 Å². The Hall–Kier alpha value is -1.06. The van der Waals surface area contributed by atoms with Crippen LogP contribution in [0, 0.1) is 11.8 Å². The second-order valence-corrected chi connectivity index (χ2v) is 5.35. The van der Waals surface area contributed by atoms with Gasteiger partial charge in [-0.15, -0.1) is 0 Å². The Labute approximate surface area is 123 Å². The van der Waals surface area contributed by atoms with E-state index in [1.54, 1.807) is 0 Å². The minimum absolute atomic E-state index is 0.102. The lowest BCUT2D eigenvalue weighted by atomic mass is 9.87. The van der Waals surface area contributed by atoms with E-state index in [0.29, 0.717) is 37.9 Å². The lowest BCUT2D eigenvalue weighted by Crippen LogP contribution is -2.11. The normalized spacial score (nSPS) is 13.6. The maximum atomic E-state index is 11.2. The van der Waals surface area contributed by atoms with Crippen LogP contribution in [0.2, 0.25) is 0 Å². The second-order valence-electron chi connectivity index (χ2n) is 5.35. The topological polar surface area (TPSA) is 52.6 Å². The number of esters is 2. The molecule has 0 amide bonds. The predicted molar refractivity (Wildman–Crippen MR) is 79.3 cm³/mol. The zero-order valence-corrected chi connectivity index (χ0v) is 13.4. The number of carbonyl (C=O) groups excluding carboxylic acids is 2. The van der Waals surface area contributed by atoms with Crippen molar-refractivity contribution in [2.45, 2.75) is 66.2 Å². The van der Waals surface area contributed by atoms with Crippen molar-refractivity contribution in [2.75, 3.05) is 13.2 Å². The summed E-state index contributed by atoms with van der Waals surface area (Å²) >= 11 is 0. The summed E-state index contributed by atoms with van der Waals surface area (Å²) in [6.07, 6.45) is 4.82. The second kappa shape index (κ2) is 11.7. The van der Waals surface area contributed by atoms with Gasteiger partial charge in [-0.1, -0.05) is 13.8 Å². The molecule has 0 aliphatic carbocycles. The van der Waals surface area contributed by atoms with Crippen molar-refractivity contribution >= 4 is 11.9 Å². The van der Waals surface area contributed by atoms with E-state index < -0.39 is 0 Å². The first-order valence-corrected chi connectivity index (χ1v) is 7.82. The van der Waals surface area contributed by atoms with Crippen molar-refractivity contribution in [3.8, 4) is 0 Å². The quantitative estimate of drug-likeness (QED) is 0.543. The largest absolute Gasteiger partial charge is 0.466 e. The smallest absolute Gasteiger partial charge is 0.305 e. The molecule has 0 aliphatic heterocycles. The zero-order chi connectivity index (χ0) is 15.4. The maximum absolute atomic E-state index is 11.2. The van der Waals surface area contributed by atoms with E-state index in [0.717, 1.165) is 25.7 Å². The molecule has 0 saturated heterocycles. The average molecular weight is 286 g/mol. The Morgan fingerprint density at radius 2 is 1.15 bits per heavy atom. The minimum atomic E-state index is -0.102. The molecule has 0 heterocycles. The first-order chi connectivity index (χ1) is 9.51. The van der Waals surface area contributed by atoms with Crippen molar-refractivity contribution in [1.29, 1.82) is 0 Å². The molecular weight excluding hydrogens is 256 g/mol. The van der Waals surface area contributed by atoms with Gasteiger partial charge in [0.05, 0.1) is 13.2 Å². The fraction of sp³-hybridized carbons (Fsp3) is 0.875. The number of hydrogen-bond donors (Lipinski definition) is 0. The number of hydrogen-bond acceptors (Lipinski definition) is 4. The van der Waals surface area contributed by atoms with Crippen LogP contribution in [-0.2, 0) is 19.1 Å². The SMILES string of the molecule is CCOC(=O)CCC[C@H](C)[C@@H](C)CCCC(=O)OCC. The molecular formula is C16H30O4. The van der Waals surface area contributed by atoms with E-state index in [2.05, 4.69) is 13.8 Å². The van der Waals surface area contributed by atoms with Crippen LogP contribution in [0.25, 0.3) is 0 Å². The van der Waals surface area contributed by atoms with Gasteiger partial charge in [0.15, 0.2) is 0 Å². The van der Waals surface area contributed by atoms with Crippen LogP contribution in [0.3, 0.4) is 0 Å². The predicted octanol–water partition coefficient (Wildman–Crippen LogP) is 3.73. The minimum Gasteiger partial charge on any atom is -0.466 e. The molecule has 0 aromatic heterocycles. The molecule has 20 heavy (non-hydrogen) atoms. The first-order valence-electron chi connectivity index (χ1n) is 7.82. The molecule has 0 spiro atoms. The van der Waals surface area contributed by atoms with Gasteiger partial charge in [0.1, 0.15) is 0 Å². The van der Waals surface area contributed by atoms with Crippen LogP contribution < -0.4 is 0 Å². The Morgan fingerprint density at radius 1 is 0.800 bits per heavy atom. The molecule has 0 rings (SSSR count). The summed E-state index contributed by atoms with van der Waals surface area (Å²) in [5, 5.41) is 0. The Morgan fingerprint density at radius 3 is 1.45 bits per heavy atom. The third kappa shape index (κ3) is 9.82. The molecule has 0 aromatic rings. The molecule has 0 unspecified atom stereocenters. The third-order valence-corrected chi connectivity index (χ3v) is 3.66. The highest BCUT2D eigenvalue weighted by Crippen LogP contribution is 2.23. The number of rotatable bonds is 11. The van der Waals surface area contributed by atoms with Gasteiger partial charge in [0.25, 0.3) is 0 Å². The van der Waals surface area contributed by atoms with Crippen molar-refractivity contribution in [3.63, 3.8) is 0 Å². The van der Waals surface area contributed by atoms with E-state index in [9.17, 15) is 9.59 Å². The van der Waals surface area contributed by atoms with Gasteiger partial charge in [-0.2, -0.15) is 0 Å². The molecule has 0 saturated carbocycles. The number of ether oxygens (including phenoxy) is 2. The Bertz CT molecular complexity index is 248. The molecule has 0 radical (unpaired) electrons. The van der Waals surface area contributed by atoms with Gasteiger partial charge in [-0.25, -0.2) is 0 Å². The average Bonchev–Trinajstić information content (AvgIpc) is 2.39. The van der Waals surface area contributed by atoms with Gasteiger partial charge >= 0.3 is 11.9 Å². The highest BCUT2D eigenvalue weighted by molar-refractivity contribution is 5.69. The fourth-order valence-corrected chi connectivity index (χ4v) is 2.17. The van der Waals surface area contributed by atoms with Crippen LogP contribution in [0.5, 0.6) is 0 Å². The Kier molecular flexibility index (Phi) is 11.1. The van der Waals surface area contributed by atoms with E-state index >= 15 is 0 Å². The third-order valence-electron chi connectivity index (χ3n) is 3.66. The summed E-state index contributed by atoms with van der Waals surface area (Å²) in [5.41, 5.74) is 0. The monoisotopic (exact) mass is 286 g/mol. The molecule has 0 aromatic carbocycles. The summed E-state index contributed by atoms with van der Waals surface area (Å²) in [6, 6.07) is 0. The summed E-state index contributed by atoms with van der Waals surface area (Å²) in [5.74, 6) is 0.919. The molecule has 118 valence electrons. The highest BCUT2D eigenvalue weighted by Gasteiger charge is 2.14. The van der Waals surface area contributed by atoms with Crippen LogP contribution in [0.1, 0.15) is 66.2 Å². The molecule has 2 atom stereocenters. The maximum Gasteiger partial charge on any atom is 0.305 e. The molecule has 0 aliphatic rings. The molecule has 0 bridgehead atoms. The lowest BCUT2D eigenvalue weighted by Gasteiger charge is -2.19. The standard InChI is InChI=1S/C16H30O4/c1-5-19-15(17)11-7-9-13(3)14(4)10-8-12-16(18)20-6-2/h13-14H,5-12H2,1-4H3/t13-,14-/m0/s1. The van der Waals surface area contributed by atoms with Crippen molar-refractivity contribution in [1.82, 2.24) is 0 Å². The molecule has 0 N–H and O–H groups in total. The summed E-state index contributed by atoms with van der Waals surface area (Å²) in [6.45, 7) is 8.98. The van der Waals surface area contributed by atoms with Crippen LogP contribution in [0.4, 0.5) is 0 Å². The van der Waals surface area contributed by atoms with Crippen LogP contribution >= 0.6 is 0 Å². The van der Waals surface area contributed by atoms with E-state index in [4.69, 9.17) is 9.47 Å². The van der Waals surface area contributed by atoms with Crippen molar-refractivity contribution in [3.05, 3.63) is 0 Å². The van der Waals surface area contributed by atoms with Gasteiger partial charge < -0.3 is 9.47 Å². The van der Waals surface area contributed by atoms with E-state index in [1.807, 2.05) is 13.8 Å². The molecule has 4 heteroatoms. The lowest BCUT2D eigenvalue weighted by molar-refractivity contribution is -0.144. The summed E-state index contributed by atoms with van der Waals surface area (Å²) in [4.78, 5) is 22.5. The summed E-state index contributed by atoms with van der Waals surface area (Å²) in [7, 11) is 0. The fourth-order valence-electron chi connectivity index (χ4n) is 2.17. The van der Waals surface area contributed by atoms with Crippen molar-refractivity contribution in [2.24, 2.45) is 11.8 Å². The van der Waals surface area contributed by atoms with Gasteiger partial charge in [-0.3, -0.25) is 9.59 Å². The number of carbonyl (C=O) groups is 2. The van der Waals surface area contributed by atoms with Gasteiger partial charge in [-0.05, 0) is 51.4 Å². The van der Waals surface area contributed by atoms with Crippen LogP contribution in [0.15, 0.2) is 0 Å². The van der Waals surface area contributed by atoms with Gasteiger partial charge in [0, 0.05) is 12.8 Å². The molecule has 0 fully saturated rings. The molecule has 4 nitrogen and oxygen atoms in total. The van der Waals surface area contributed by atoms with E-state index in [1.165, 1.54) is 0 Å².